The maximum atomic E-state index is 13.4. The predicted octanol–water partition coefficient (Wildman–Crippen LogP) is 3.35. The molecule has 0 saturated carbocycles. The van der Waals surface area contributed by atoms with Gasteiger partial charge in [0, 0.05) is 6.54 Å². The van der Waals surface area contributed by atoms with E-state index >= 15 is 0 Å². The Labute approximate surface area is 186 Å². The molecule has 1 heterocycles. The number of nitrogens with zero attached hydrogens (tertiary/aromatic N) is 2. The minimum absolute atomic E-state index is 0.179. The highest BCUT2D eigenvalue weighted by Gasteiger charge is 2.27. The lowest BCUT2D eigenvalue weighted by atomic mass is 9.94. The fourth-order valence-corrected chi connectivity index (χ4v) is 5.30. The van der Waals surface area contributed by atoms with Gasteiger partial charge in [-0.2, -0.15) is 0 Å². The number of likely N-dealkylation sites (tertiary alicyclic amines) is 1. The SMILES string of the molecule is Cc1ccc(S(=O)(=O)N(CC(=O)NCCC2CCN(C)CC2)c2cccc(C)c2)cc1. The minimum Gasteiger partial charge on any atom is -0.355 e. The number of piperidine rings is 1. The lowest BCUT2D eigenvalue weighted by molar-refractivity contribution is -0.119. The first-order valence-corrected chi connectivity index (χ1v) is 12.3. The standard InChI is InChI=1S/C24H33N3O3S/c1-19-7-9-23(10-8-19)31(29,30)27(22-6-4-5-20(2)17-22)18-24(28)25-14-11-21-12-15-26(3)16-13-21/h4-10,17,21H,11-16,18H2,1-3H3,(H,25,28). The van der Waals surface area contributed by atoms with E-state index in [1.807, 2.05) is 19.9 Å². The summed E-state index contributed by atoms with van der Waals surface area (Å²) in [5.41, 5.74) is 2.41. The van der Waals surface area contributed by atoms with Crippen LogP contribution >= 0.6 is 0 Å². The molecule has 0 atom stereocenters. The Morgan fingerprint density at radius 2 is 1.74 bits per heavy atom. The Hall–Kier alpha value is -2.38. The zero-order valence-electron chi connectivity index (χ0n) is 18.7. The van der Waals surface area contributed by atoms with Crippen LogP contribution in [-0.2, 0) is 14.8 Å². The van der Waals surface area contributed by atoms with Gasteiger partial charge in [-0.1, -0.05) is 29.8 Å². The van der Waals surface area contributed by atoms with Crippen LogP contribution in [0.2, 0.25) is 0 Å². The van der Waals surface area contributed by atoms with Crippen molar-refractivity contribution in [1.29, 1.82) is 0 Å². The van der Waals surface area contributed by atoms with Gasteiger partial charge < -0.3 is 10.2 Å². The fraction of sp³-hybridized carbons (Fsp3) is 0.458. The van der Waals surface area contributed by atoms with Crippen LogP contribution in [0.15, 0.2) is 53.4 Å². The molecule has 1 N–H and O–H groups in total. The molecule has 1 amide bonds. The third-order valence-corrected chi connectivity index (χ3v) is 7.69. The van der Waals surface area contributed by atoms with Crippen molar-refractivity contribution in [2.75, 3.05) is 37.5 Å². The van der Waals surface area contributed by atoms with Crippen LogP contribution < -0.4 is 9.62 Å². The molecule has 1 fully saturated rings. The molecule has 1 aliphatic heterocycles. The largest absolute Gasteiger partial charge is 0.355 e. The van der Waals surface area contributed by atoms with Gasteiger partial charge in [-0.25, -0.2) is 8.42 Å². The number of aryl methyl sites for hydroxylation is 2. The quantitative estimate of drug-likeness (QED) is 0.679. The Morgan fingerprint density at radius 3 is 2.39 bits per heavy atom. The number of nitrogens with one attached hydrogen (secondary N) is 1. The highest BCUT2D eigenvalue weighted by atomic mass is 32.2. The molecule has 7 heteroatoms. The number of carbonyl (C=O) groups is 1. The molecule has 0 aromatic heterocycles. The summed E-state index contributed by atoms with van der Waals surface area (Å²) in [6.45, 7) is 6.32. The van der Waals surface area contributed by atoms with Crippen molar-refractivity contribution in [2.24, 2.45) is 5.92 Å². The van der Waals surface area contributed by atoms with Crippen molar-refractivity contribution in [3.8, 4) is 0 Å². The van der Waals surface area contributed by atoms with Gasteiger partial charge >= 0.3 is 0 Å². The zero-order chi connectivity index (χ0) is 22.4. The number of carbonyl (C=O) groups excluding carboxylic acids is 1. The highest BCUT2D eigenvalue weighted by molar-refractivity contribution is 7.92. The van der Waals surface area contributed by atoms with E-state index in [0.29, 0.717) is 18.2 Å². The summed E-state index contributed by atoms with van der Waals surface area (Å²) in [5.74, 6) is 0.325. The summed E-state index contributed by atoms with van der Waals surface area (Å²) >= 11 is 0. The van der Waals surface area contributed by atoms with Crippen LogP contribution in [-0.4, -0.2) is 52.5 Å². The lowest BCUT2D eigenvalue weighted by Crippen LogP contribution is -2.41. The average molecular weight is 444 g/mol. The molecule has 168 valence electrons. The number of amides is 1. The maximum Gasteiger partial charge on any atom is 0.264 e. The highest BCUT2D eigenvalue weighted by Crippen LogP contribution is 2.25. The van der Waals surface area contributed by atoms with E-state index in [1.165, 1.54) is 4.31 Å². The van der Waals surface area contributed by atoms with Crippen molar-refractivity contribution in [3.63, 3.8) is 0 Å². The molecule has 2 aromatic rings. The summed E-state index contributed by atoms with van der Waals surface area (Å²) in [6, 6.07) is 13.9. The van der Waals surface area contributed by atoms with E-state index in [4.69, 9.17) is 0 Å². The number of sulfonamides is 1. The number of rotatable bonds is 8. The fourth-order valence-electron chi connectivity index (χ4n) is 3.89. The second kappa shape index (κ2) is 10.3. The van der Waals surface area contributed by atoms with E-state index < -0.39 is 10.0 Å². The third kappa shape index (κ3) is 6.31. The zero-order valence-corrected chi connectivity index (χ0v) is 19.5. The van der Waals surface area contributed by atoms with Crippen LogP contribution in [0.3, 0.4) is 0 Å². The molecule has 1 aliphatic rings. The summed E-state index contributed by atoms with van der Waals surface area (Å²) in [4.78, 5) is 15.2. The number of hydrogen-bond acceptors (Lipinski definition) is 4. The van der Waals surface area contributed by atoms with Crippen LogP contribution in [0, 0.1) is 19.8 Å². The van der Waals surface area contributed by atoms with Gasteiger partial charge in [0.25, 0.3) is 10.0 Å². The molecule has 0 bridgehead atoms. The van der Waals surface area contributed by atoms with Crippen molar-refractivity contribution < 1.29 is 13.2 Å². The van der Waals surface area contributed by atoms with Gasteiger partial charge in [-0.05, 0) is 89.0 Å². The number of benzene rings is 2. The first-order chi connectivity index (χ1) is 14.8. The van der Waals surface area contributed by atoms with Crippen molar-refractivity contribution in [2.45, 2.75) is 38.0 Å². The maximum absolute atomic E-state index is 13.4. The first-order valence-electron chi connectivity index (χ1n) is 10.9. The van der Waals surface area contributed by atoms with Gasteiger partial charge in [0.05, 0.1) is 10.6 Å². The van der Waals surface area contributed by atoms with Crippen LogP contribution in [0.5, 0.6) is 0 Å². The summed E-state index contributed by atoms with van der Waals surface area (Å²) in [7, 11) is -1.74. The molecule has 0 aliphatic carbocycles. The Balaban J connectivity index is 1.71. The van der Waals surface area contributed by atoms with Gasteiger partial charge in [0.15, 0.2) is 0 Å². The van der Waals surface area contributed by atoms with Crippen molar-refractivity contribution in [3.05, 3.63) is 59.7 Å². The topological polar surface area (TPSA) is 69.7 Å². The van der Waals surface area contributed by atoms with Crippen LogP contribution in [0.25, 0.3) is 0 Å². The normalized spacial score (nSPS) is 15.6. The molecular formula is C24H33N3O3S. The van der Waals surface area contributed by atoms with Gasteiger partial charge in [-0.3, -0.25) is 9.10 Å². The second-order valence-electron chi connectivity index (χ2n) is 8.55. The molecule has 6 nitrogen and oxygen atoms in total. The number of anilines is 1. The minimum atomic E-state index is -3.87. The predicted molar refractivity (Wildman–Crippen MR) is 125 cm³/mol. The Bertz CT molecular complexity index is 981. The van der Waals surface area contributed by atoms with Crippen LogP contribution in [0.4, 0.5) is 5.69 Å². The van der Waals surface area contributed by atoms with E-state index in [1.54, 1.807) is 42.5 Å². The lowest BCUT2D eigenvalue weighted by Gasteiger charge is -2.29. The van der Waals surface area contributed by atoms with E-state index in [0.717, 1.165) is 43.5 Å². The number of hydrogen-bond donors (Lipinski definition) is 1. The van der Waals surface area contributed by atoms with Crippen molar-refractivity contribution >= 4 is 21.6 Å². The molecular weight excluding hydrogens is 410 g/mol. The third-order valence-electron chi connectivity index (χ3n) is 5.90. The molecule has 2 aromatic carbocycles. The van der Waals surface area contributed by atoms with Gasteiger partial charge in [0.2, 0.25) is 5.91 Å². The van der Waals surface area contributed by atoms with Gasteiger partial charge in [0.1, 0.15) is 6.54 Å². The van der Waals surface area contributed by atoms with E-state index in [9.17, 15) is 13.2 Å². The molecule has 1 saturated heterocycles. The smallest absolute Gasteiger partial charge is 0.264 e. The summed E-state index contributed by atoms with van der Waals surface area (Å²) in [6.07, 6.45) is 3.21. The molecule has 0 unspecified atom stereocenters. The summed E-state index contributed by atoms with van der Waals surface area (Å²) < 4.78 is 28.0. The van der Waals surface area contributed by atoms with Gasteiger partial charge in [-0.15, -0.1) is 0 Å². The Morgan fingerprint density at radius 1 is 1.06 bits per heavy atom. The molecule has 31 heavy (non-hydrogen) atoms. The second-order valence-corrected chi connectivity index (χ2v) is 10.4. The van der Waals surface area contributed by atoms with E-state index in [-0.39, 0.29) is 17.3 Å². The van der Waals surface area contributed by atoms with Crippen molar-refractivity contribution in [1.82, 2.24) is 10.2 Å². The van der Waals surface area contributed by atoms with E-state index in [2.05, 4.69) is 17.3 Å². The average Bonchev–Trinajstić information content (AvgIpc) is 2.73. The Kier molecular flexibility index (Phi) is 7.73. The molecule has 0 radical (unpaired) electrons. The summed E-state index contributed by atoms with van der Waals surface area (Å²) in [5, 5.41) is 2.93. The molecule has 0 spiro atoms. The van der Waals surface area contributed by atoms with Crippen LogP contribution in [0.1, 0.15) is 30.4 Å². The first kappa shape index (κ1) is 23.3. The monoisotopic (exact) mass is 443 g/mol. The molecule has 3 rings (SSSR count).